The summed E-state index contributed by atoms with van der Waals surface area (Å²) in [7, 11) is 3.85. The maximum Gasteiger partial charge on any atom is 0.225 e. The average Bonchev–Trinajstić information content (AvgIpc) is 2.83. The molecule has 0 radical (unpaired) electrons. The predicted octanol–water partition coefficient (Wildman–Crippen LogP) is 1.53. The molecule has 0 aromatic carbocycles. The summed E-state index contributed by atoms with van der Waals surface area (Å²) in [4.78, 5) is 18.9. The molecule has 2 atom stereocenters. The molecule has 5 nitrogen and oxygen atoms in total. The van der Waals surface area contributed by atoms with Crippen LogP contribution in [0.2, 0.25) is 0 Å². The van der Waals surface area contributed by atoms with Gasteiger partial charge < -0.3 is 15.2 Å². The third kappa shape index (κ3) is 2.84. The van der Waals surface area contributed by atoms with Crippen molar-refractivity contribution in [1.82, 2.24) is 14.5 Å². The Morgan fingerprint density at radius 3 is 2.67 bits per heavy atom. The molecule has 2 aliphatic rings. The number of aromatic nitrogens is 2. The molecule has 2 unspecified atom stereocenters. The Kier molecular flexibility index (Phi) is 4.02. The van der Waals surface area contributed by atoms with E-state index in [1.54, 1.807) is 6.20 Å². The molecule has 21 heavy (non-hydrogen) atoms. The van der Waals surface area contributed by atoms with Gasteiger partial charge in [-0.3, -0.25) is 4.79 Å². The lowest BCUT2D eigenvalue weighted by Crippen LogP contribution is -2.49. The maximum atomic E-state index is 12.7. The molecule has 2 aliphatic carbocycles. The first-order valence-electron chi connectivity index (χ1n) is 8.03. The molecule has 116 valence electrons. The number of nitrogens with zero attached hydrogens (tertiary/aromatic N) is 3. The third-order valence-electron chi connectivity index (χ3n) is 5.44. The number of aryl methyl sites for hydroxylation is 1. The molecule has 1 aromatic heterocycles. The number of hydrogen-bond donors (Lipinski definition) is 1. The molecule has 2 N–H and O–H groups in total. The summed E-state index contributed by atoms with van der Waals surface area (Å²) in [6.45, 7) is 0.584. The van der Waals surface area contributed by atoms with Crippen LogP contribution in [0.4, 0.5) is 0 Å². The smallest absolute Gasteiger partial charge is 0.225 e. The van der Waals surface area contributed by atoms with Crippen molar-refractivity contribution in [3.63, 3.8) is 0 Å². The van der Waals surface area contributed by atoms with E-state index in [0.29, 0.717) is 24.4 Å². The minimum atomic E-state index is 0.158. The van der Waals surface area contributed by atoms with Crippen LogP contribution in [-0.4, -0.2) is 33.4 Å². The number of rotatable bonds is 3. The molecule has 3 rings (SSSR count). The fourth-order valence-corrected chi connectivity index (χ4v) is 4.14. The van der Waals surface area contributed by atoms with Gasteiger partial charge in [0, 0.05) is 38.4 Å². The van der Waals surface area contributed by atoms with Crippen LogP contribution in [0, 0.1) is 17.8 Å². The van der Waals surface area contributed by atoms with Crippen molar-refractivity contribution in [3.8, 4) is 0 Å². The Bertz CT molecular complexity index is 498. The van der Waals surface area contributed by atoms with E-state index >= 15 is 0 Å². The minimum Gasteiger partial charge on any atom is -0.338 e. The van der Waals surface area contributed by atoms with E-state index in [9.17, 15) is 4.79 Å². The summed E-state index contributed by atoms with van der Waals surface area (Å²) in [6.07, 6.45) is 9.32. The van der Waals surface area contributed by atoms with Gasteiger partial charge in [-0.15, -0.1) is 0 Å². The van der Waals surface area contributed by atoms with Crippen molar-refractivity contribution >= 4 is 5.91 Å². The van der Waals surface area contributed by atoms with Crippen LogP contribution in [0.15, 0.2) is 12.4 Å². The first kappa shape index (κ1) is 14.6. The molecular formula is C16H26N4O. The van der Waals surface area contributed by atoms with E-state index in [4.69, 9.17) is 5.73 Å². The lowest BCUT2D eigenvalue weighted by atomic mass is 9.65. The van der Waals surface area contributed by atoms with Crippen molar-refractivity contribution in [1.29, 1.82) is 0 Å². The van der Waals surface area contributed by atoms with E-state index in [1.165, 1.54) is 19.3 Å². The lowest BCUT2D eigenvalue weighted by Gasteiger charge is -2.44. The zero-order chi connectivity index (χ0) is 15.0. The zero-order valence-corrected chi connectivity index (χ0v) is 13.0. The van der Waals surface area contributed by atoms with Gasteiger partial charge in [0.05, 0.1) is 6.54 Å². The van der Waals surface area contributed by atoms with E-state index < -0.39 is 0 Å². The molecule has 1 heterocycles. The predicted molar refractivity (Wildman–Crippen MR) is 81.2 cm³/mol. The number of carbonyl (C=O) groups excluding carboxylic acids is 1. The summed E-state index contributed by atoms with van der Waals surface area (Å²) in [6, 6.07) is 0.322. The number of fused-ring (bicyclic) bond motifs is 2. The van der Waals surface area contributed by atoms with Gasteiger partial charge in [-0.25, -0.2) is 4.98 Å². The molecule has 2 saturated carbocycles. The largest absolute Gasteiger partial charge is 0.338 e. The Labute approximate surface area is 126 Å². The standard InChI is InChI=1S/C16H26N4O/c1-19-7-6-18-14(19)10-20(2)16(21)13-8-11-4-3-5-12(9-13)15(11)17/h6-7,11-13,15H,3-5,8-10,17H2,1-2H3. The van der Waals surface area contributed by atoms with Crippen molar-refractivity contribution in [2.24, 2.45) is 30.5 Å². The second-order valence-corrected chi connectivity index (χ2v) is 6.85. The molecule has 1 amide bonds. The van der Waals surface area contributed by atoms with Crippen LogP contribution in [0.1, 0.15) is 37.9 Å². The summed E-state index contributed by atoms with van der Waals surface area (Å²) in [5.41, 5.74) is 6.31. The van der Waals surface area contributed by atoms with E-state index in [2.05, 4.69) is 4.98 Å². The highest BCUT2D eigenvalue weighted by molar-refractivity contribution is 5.78. The topological polar surface area (TPSA) is 64.2 Å². The fraction of sp³-hybridized carbons (Fsp3) is 0.750. The summed E-state index contributed by atoms with van der Waals surface area (Å²) < 4.78 is 1.97. The first-order chi connectivity index (χ1) is 10.1. The molecule has 1 aromatic rings. The Hall–Kier alpha value is -1.36. The second kappa shape index (κ2) is 5.79. The molecule has 2 fully saturated rings. The SMILES string of the molecule is CN(Cc1nccn1C)C(=O)C1CC2CCCC(C1)C2N. The zero-order valence-electron chi connectivity index (χ0n) is 13.0. The van der Waals surface area contributed by atoms with Crippen LogP contribution in [-0.2, 0) is 18.4 Å². The first-order valence-corrected chi connectivity index (χ1v) is 8.03. The average molecular weight is 290 g/mol. The third-order valence-corrected chi connectivity index (χ3v) is 5.44. The number of nitrogens with two attached hydrogens (primary N) is 1. The molecule has 0 saturated heterocycles. The van der Waals surface area contributed by atoms with Gasteiger partial charge in [-0.2, -0.15) is 0 Å². The Balaban J connectivity index is 1.64. The van der Waals surface area contributed by atoms with Gasteiger partial charge in [-0.05, 0) is 37.5 Å². The molecule has 2 bridgehead atoms. The quantitative estimate of drug-likeness (QED) is 0.918. The van der Waals surface area contributed by atoms with Crippen molar-refractivity contribution in [3.05, 3.63) is 18.2 Å². The molecular weight excluding hydrogens is 264 g/mol. The highest BCUT2D eigenvalue weighted by Crippen LogP contribution is 2.42. The van der Waals surface area contributed by atoms with Gasteiger partial charge in [-0.1, -0.05) is 6.42 Å². The van der Waals surface area contributed by atoms with Crippen LogP contribution in [0.3, 0.4) is 0 Å². The number of hydrogen-bond acceptors (Lipinski definition) is 3. The van der Waals surface area contributed by atoms with Crippen LogP contribution < -0.4 is 5.73 Å². The molecule has 5 heteroatoms. The monoisotopic (exact) mass is 290 g/mol. The Morgan fingerprint density at radius 2 is 2.10 bits per heavy atom. The minimum absolute atomic E-state index is 0.158. The van der Waals surface area contributed by atoms with E-state index in [-0.39, 0.29) is 11.8 Å². The highest BCUT2D eigenvalue weighted by Gasteiger charge is 2.41. The molecule has 0 spiro atoms. The number of amides is 1. The van der Waals surface area contributed by atoms with Crippen molar-refractivity contribution < 1.29 is 4.79 Å². The number of carbonyl (C=O) groups is 1. The van der Waals surface area contributed by atoms with Gasteiger partial charge in [0.2, 0.25) is 5.91 Å². The van der Waals surface area contributed by atoms with Gasteiger partial charge in [0.15, 0.2) is 0 Å². The Morgan fingerprint density at radius 1 is 1.43 bits per heavy atom. The summed E-state index contributed by atoms with van der Waals surface area (Å²) in [5, 5.41) is 0. The van der Waals surface area contributed by atoms with E-state index in [1.807, 2.05) is 29.8 Å². The fourth-order valence-electron chi connectivity index (χ4n) is 4.14. The second-order valence-electron chi connectivity index (χ2n) is 6.85. The lowest BCUT2D eigenvalue weighted by molar-refractivity contribution is -0.138. The van der Waals surface area contributed by atoms with Crippen molar-refractivity contribution in [2.45, 2.75) is 44.7 Å². The van der Waals surface area contributed by atoms with Gasteiger partial charge in [0.25, 0.3) is 0 Å². The summed E-state index contributed by atoms with van der Waals surface area (Å²) in [5.74, 6) is 2.45. The van der Waals surface area contributed by atoms with E-state index in [0.717, 1.165) is 18.7 Å². The van der Waals surface area contributed by atoms with Crippen LogP contribution in [0.25, 0.3) is 0 Å². The number of imidazole rings is 1. The van der Waals surface area contributed by atoms with Gasteiger partial charge >= 0.3 is 0 Å². The maximum absolute atomic E-state index is 12.7. The summed E-state index contributed by atoms with van der Waals surface area (Å²) >= 11 is 0. The van der Waals surface area contributed by atoms with Crippen molar-refractivity contribution in [2.75, 3.05) is 7.05 Å². The normalized spacial score (nSPS) is 32.0. The molecule has 0 aliphatic heterocycles. The van der Waals surface area contributed by atoms with Crippen LogP contribution >= 0.6 is 0 Å². The van der Waals surface area contributed by atoms with Crippen LogP contribution in [0.5, 0.6) is 0 Å². The van der Waals surface area contributed by atoms with Gasteiger partial charge in [0.1, 0.15) is 5.82 Å². The highest BCUT2D eigenvalue weighted by atomic mass is 16.2.